The van der Waals surface area contributed by atoms with E-state index in [2.05, 4.69) is 19.7 Å². The molecule has 27 heavy (non-hydrogen) atoms. The summed E-state index contributed by atoms with van der Waals surface area (Å²) < 4.78 is 58.7. The number of hydrogen-bond donors (Lipinski definition) is 0. The molecule has 0 unspecified atom stereocenters. The lowest BCUT2D eigenvalue weighted by Crippen LogP contribution is -2.13. The average Bonchev–Trinajstić information content (AvgIpc) is 2.69. The highest BCUT2D eigenvalue weighted by molar-refractivity contribution is 9.10. The third kappa shape index (κ3) is 4.28. The Morgan fingerprint density at radius 1 is 0.741 bits per heavy atom. The fourth-order valence-corrected chi connectivity index (χ4v) is 6.63. The highest BCUT2D eigenvalue weighted by Crippen LogP contribution is 2.34. The van der Waals surface area contributed by atoms with Gasteiger partial charge in [-0.3, -0.25) is 0 Å². The Balaban J connectivity index is 2.23. The summed E-state index contributed by atoms with van der Waals surface area (Å²) in [7, 11) is -8.29. The molecule has 0 N–H and O–H groups in total. The van der Waals surface area contributed by atoms with Crippen molar-refractivity contribution in [3.05, 3.63) is 95.0 Å². The molecule has 0 aliphatic rings. The van der Waals surface area contributed by atoms with Gasteiger partial charge in [0.25, 0.3) is 10.0 Å². The lowest BCUT2D eigenvalue weighted by molar-refractivity contribution is 0.450. The first-order chi connectivity index (χ1) is 12.8. The van der Waals surface area contributed by atoms with Crippen molar-refractivity contribution in [3.63, 3.8) is 0 Å². The summed E-state index contributed by atoms with van der Waals surface area (Å²) in [5, 5.41) is 0. The van der Waals surface area contributed by atoms with Gasteiger partial charge in [-0.25, -0.2) is 8.60 Å². The lowest BCUT2D eigenvalue weighted by Gasteiger charge is -2.16. The maximum absolute atomic E-state index is 15.4. The van der Waals surface area contributed by atoms with Crippen LogP contribution in [0.2, 0.25) is 0 Å². The fourth-order valence-electron chi connectivity index (χ4n) is 2.40. The van der Waals surface area contributed by atoms with Gasteiger partial charge in [0.15, 0.2) is 0 Å². The van der Waals surface area contributed by atoms with Gasteiger partial charge in [-0.1, -0.05) is 68.2 Å². The normalized spacial score (nSPS) is 14.9. The summed E-state index contributed by atoms with van der Waals surface area (Å²) in [5.41, 5.74) is -2.04. The summed E-state index contributed by atoms with van der Waals surface area (Å²) in [6, 6.07) is 21.1. The molecule has 3 aromatic rings. The zero-order valence-electron chi connectivity index (χ0n) is 13.9. The van der Waals surface area contributed by atoms with Crippen molar-refractivity contribution < 1.29 is 17.0 Å². The molecule has 0 spiro atoms. The van der Waals surface area contributed by atoms with Crippen LogP contribution >= 0.6 is 15.9 Å². The smallest absolute Gasteiger partial charge is 0.240 e. The van der Waals surface area contributed by atoms with Crippen molar-refractivity contribution in [1.29, 1.82) is 0 Å². The molecule has 0 aromatic heterocycles. The number of hydrogen-bond acceptors (Lipinski definition) is 3. The molecular formula is C19H15BrFNO3S2. The predicted molar refractivity (Wildman–Crippen MR) is 107 cm³/mol. The summed E-state index contributed by atoms with van der Waals surface area (Å²) >= 11 is 3.26. The SMILES string of the molecule is O=S(=O)(N=[S@@](=O)(c1ccccc1)[C@H](F)c1ccc(Br)cc1)c1ccccc1. The zero-order chi connectivity index (χ0) is 19.5. The Hall–Kier alpha value is -2.03. The molecule has 0 heterocycles. The second-order valence-corrected chi connectivity index (χ2v) is 10.6. The van der Waals surface area contributed by atoms with E-state index in [1.54, 1.807) is 36.4 Å². The fraction of sp³-hybridized carbons (Fsp3) is 0.0526. The van der Waals surface area contributed by atoms with E-state index in [-0.39, 0.29) is 15.4 Å². The molecule has 3 rings (SSSR count). The van der Waals surface area contributed by atoms with Crippen LogP contribution in [0.5, 0.6) is 0 Å². The van der Waals surface area contributed by atoms with E-state index in [1.807, 2.05) is 0 Å². The molecule has 0 aliphatic carbocycles. The van der Waals surface area contributed by atoms with Crippen molar-refractivity contribution in [1.82, 2.24) is 0 Å². The summed E-state index contributed by atoms with van der Waals surface area (Å²) in [6.45, 7) is 0. The molecule has 4 nitrogen and oxygen atoms in total. The predicted octanol–water partition coefficient (Wildman–Crippen LogP) is 5.33. The van der Waals surface area contributed by atoms with E-state index in [1.165, 1.54) is 48.5 Å². The molecule has 0 radical (unpaired) electrons. The summed E-state index contributed by atoms with van der Waals surface area (Å²) in [6.07, 6.45) is 0. The maximum Gasteiger partial charge on any atom is 0.290 e. The molecule has 3 aromatic carbocycles. The lowest BCUT2D eigenvalue weighted by atomic mass is 10.2. The molecule has 0 aliphatic heterocycles. The Bertz CT molecular complexity index is 1140. The maximum atomic E-state index is 15.4. The molecule has 0 fully saturated rings. The number of benzene rings is 3. The van der Waals surface area contributed by atoms with Gasteiger partial charge in [0.1, 0.15) is 9.73 Å². The quantitative estimate of drug-likeness (QED) is 0.508. The van der Waals surface area contributed by atoms with Crippen LogP contribution in [0, 0.1) is 0 Å². The van der Waals surface area contributed by atoms with Gasteiger partial charge >= 0.3 is 0 Å². The Labute approximate surface area is 166 Å². The van der Waals surface area contributed by atoms with Gasteiger partial charge in [0.05, 0.1) is 9.79 Å². The van der Waals surface area contributed by atoms with Gasteiger partial charge in [0.2, 0.25) is 5.50 Å². The second kappa shape index (κ2) is 7.92. The Morgan fingerprint density at radius 3 is 1.74 bits per heavy atom. The summed E-state index contributed by atoms with van der Waals surface area (Å²) in [5.74, 6) is 0. The van der Waals surface area contributed by atoms with Gasteiger partial charge in [-0.15, -0.1) is 0 Å². The molecule has 0 amide bonds. The van der Waals surface area contributed by atoms with Crippen LogP contribution in [-0.2, 0) is 19.8 Å². The van der Waals surface area contributed by atoms with Crippen LogP contribution < -0.4 is 0 Å². The molecule has 0 saturated carbocycles. The van der Waals surface area contributed by atoms with Crippen molar-refractivity contribution >= 4 is 35.7 Å². The highest BCUT2D eigenvalue weighted by Gasteiger charge is 2.30. The highest BCUT2D eigenvalue weighted by atomic mass is 79.9. The van der Waals surface area contributed by atoms with Crippen LogP contribution in [0.25, 0.3) is 0 Å². The van der Waals surface area contributed by atoms with Crippen molar-refractivity contribution in [2.24, 2.45) is 3.77 Å². The van der Waals surface area contributed by atoms with Crippen molar-refractivity contribution in [2.45, 2.75) is 15.3 Å². The third-order valence-corrected chi connectivity index (χ3v) is 8.59. The van der Waals surface area contributed by atoms with E-state index in [4.69, 9.17) is 0 Å². The van der Waals surface area contributed by atoms with E-state index in [9.17, 15) is 12.6 Å². The van der Waals surface area contributed by atoms with Gasteiger partial charge in [-0.05, 0) is 36.4 Å². The molecule has 0 bridgehead atoms. The number of halogens is 2. The first-order valence-corrected chi connectivity index (χ1v) is 11.7. The average molecular weight is 468 g/mol. The van der Waals surface area contributed by atoms with Crippen LogP contribution in [-0.4, -0.2) is 12.6 Å². The van der Waals surface area contributed by atoms with E-state index >= 15 is 4.39 Å². The van der Waals surface area contributed by atoms with Crippen LogP contribution in [0.3, 0.4) is 0 Å². The Morgan fingerprint density at radius 2 is 1.22 bits per heavy atom. The second-order valence-electron chi connectivity index (χ2n) is 5.61. The largest absolute Gasteiger partial charge is 0.290 e. The van der Waals surface area contributed by atoms with Crippen molar-refractivity contribution in [2.75, 3.05) is 0 Å². The molecule has 8 heteroatoms. The molecular weight excluding hydrogens is 453 g/mol. The van der Waals surface area contributed by atoms with Gasteiger partial charge in [-0.2, -0.15) is 8.42 Å². The van der Waals surface area contributed by atoms with Crippen LogP contribution in [0.1, 0.15) is 11.1 Å². The minimum Gasteiger partial charge on any atom is -0.240 e. The first kappa shape index (κ1) is 19.7. The van der Waals surface area contributed by atoms with E-state index in [0.717, 1.165) is 4.47 Å². The van der Waals surface area contributed by atoms with Crippen LogP contribution in [0.4, 0.5) is 4.39 Å². The molecule has 0 saturated heterocycles. The van der Waals surface area contributed by atoms with Gasteiger partial charge in [0, 0.05) is 10.0 Å². The number of rotatable bonds is 5. The standard InChI is InChI=1S/C19H15BrFNO3S2/c20-16-13-11-15(12-14-16)19(21)26(23,17-7-3-1-4-8-17)22-27(24,25)18-9-5-2-6-10-18/h1-14,19H/t19-,26+/m0/s1. The summed E-state index contributed by atoms with van der Waals surface area (Å²) in [4.78, 5) is -0.128. The third-order valence-electron chi connectivity index (χ3n) is 3.74. The van der Waals surface area contributed by atoms with E-state index in [0.29, 0.717) is 0 Å². The molecule has 2 atom stereocenters. The van der Waals surface area contributed by atoms with E-state index < -0.39 is 25.3 Å². The molecule has 140 valence electrons. The number of alkyl halides is 1. The van der Waals surface area contributed by atoms with Crippen molar-refractivity contribution in [3.8, 4) is 0 Å². The topological polar surface area (TPSA) is 63.6 Å². The minimum absolute atomic E-state index is 0.0138. The zero-order valence-corrected chi connectivity index (χ0v) is 17.1. The number of sulfonamides is 1. The van der Waals surface area contributed by atoms with Gasteiger partial charge < -0.3 is 0 Å². The monoisotopic (exact) mass is 467 g/mol. The first-order valence-electron chi connectivity index (χ1n) is 7.85. The number of nitrogens with zero attached hydrogens (tertiary/aromatic N) is 1. The minimum atomic E-state index is -4.33. The Kier molecular flexibility index (Phi) is 5.78. The van der Waals surface area contributed by atoms with Crippen LogP contribution in [0.15, 0.2) is 103 Å².